The maximum absolute atomic E-state index is 12.1. The zero-order valence-corrected chi connectivity index (χ0v) is 10.7. The number of carbonyl (C=O) groups excluding carboxylic acids is 2. The van der Waals surface area contributed by atoms with Crippen molar-refractivity contribution < 1.29 is 9.59 Å². The molecule has 1 fully saturated rings. The van der Waals surface area contributed by atoms with Crippen LogP contribution >= 0.6 is 0 Å². The molecule has 1 aromatic rings. The van der Waals surface area contributed by atoms with Gasteiger partial charge in [0.25, 0.3) is 0 Å². The molecular formula is C16H20O2. The van der Waals surface area contributed by atoms with E-state index in [9.17, 15) is 9.59 Å². The molecule has 96 valence electrons. The van der Waals surface area contributed by atoms with Gasteiger partial charge in [-0.1, -0.05) is 49.6 Å². The van der Waals surface area contributed by atoms with Gasteiger partial charge in [0.05, 0.1) is 0 Å². The summed E-state index contributed by atoms with van der Waals surface area (Å²) >= 11 is 0. The van der Waals surface area contributed by atoms with Crippen molar-refractivity contribution in [1.29, 1.82) is 0 Å². The van der Waals surface area contributed by atoms with Crippen LogP contribution in [0.2, 0.25) is 0 Å². The molecule has 1 atom stereocenters. The molecule has 0 radical (unpaired) electrons. The third-order valence-corrected chi connectivity index (χ3v) is 3.95. The van der Waals surface area contributed by atoms with Gasteiger partial charge in [-0.05, 0) is 18.8 Å². The molecule has 1 saturated carbocycles. The summed E-state index contributed by atoms with van der Waals surface area (Å²) in [5.41, 5.74) is 0.722. The van der Waals surface area contributed by atoms with Crippen molar-refractivity contribution in [2.24, 2.45) is 11.8 Å². The minimum Gasteiger partial charge on any atom is -0.303 e. The average molecular weight is 244 g/mol. The lowest BCUT2D eigenvalue weighted by atomic mass is 9.78. The first kappa shape index (κ1) is 13.0. The minimum absolute atomic E-state index is 0.0852. The van der Waals surface area contributed by atoms with Crippen LogP contribution < -0.4 is 0 Å². The fraction of sp³-hybridized carbons (Fsp3) is 0.500. The number of ketones is 1. The van der Waals surface area contributed by atoms with Crippen molar-refractivity contribution in [2.45, 2.75) is 38.5 Å². The van der Waals surface area contributed by atoms with E-state index in [0.29, 0.717) is 12.3 Å². The van der Waals surface area contributed by atoms with Crippen LogP contribution in [0.4, 0.5) is 0 Å². The molecule has 0 unspecified atom stereocenters. The quantitative estimate of drug-likeness (QED) is 0.585. The second kappa shape index (κ2) is 6.48. The Bertz CT molecular complexity index is 391. The van der Waals surface area contributed by atoms with Gasteiger partial charge < -0.3 is 4.79 Å². The van der Waals surface area contributed by atoms with Gasteiger partial charge in [0, 0.05) is 17.9 Å². The first-order valence-electron chi connectivity index (χ1n) is 6.85. The van der Waals surface area contributed by atoms with Crippen LogP contribution in [0, 0.1) is 11.8 Å². The van der Waals surface area contributed by atoms with Crippen molar-refractivity contribution >= 4 is 12.1 Å². The van der Waals surface area contributed by atoms with E-state index in [1.165, 1.54) is 19.3 Å². The first-order valence-corrected chi connectivity index (χ1v) is 6.85. The molecule has 0 aromatic heterocycles. The molecule has 0 bridgehead atoms. The van der Waals surface area contributed by atoms with Crippen molar-refractivity contribution in [3.8, 4) is 0 Å². The Morgan fingerprint density at radius 1 is 1.17 bits per heavy atom. The normalized spacial score (nSPS) is 18.2. The van der Waals surface area contributed by atoms with Crippen LogP contribution in [-0.2, 0) is 4.79 Å². The molecule has 18 heavy (non-hydrogen) atoms. The molecule has 2 rings (SSSR count). The van der Waals surface area contributed by atoms with Crippen LogP contribution in [0.5, 0.6) is 0 Å². The van der Waals surface area contributed by atoms with Gasteiger partial charge in [-0.25, -0.2) is 0 Å². The highest BCUT2D eigenvalue weighted by atomic mass is 16.1. The molecule has 0 spiro atoms. The van der Waals surface area contributed by atoms with Gasteiger partial charge in [0.15, 0.2) is 5.78 Å². The first-order chi connectivity index (χ1) is 8.81. The van der Waals surface area contributed by atoms with Crippen LogP contribution in [0.15, 0.2) is 30.3 Å². The lowest BCUT2D eigenvalue weighted by Gasteiger charge is -2.26. The Morgan fingerprint density at radius 2 is 1.83 bits per heavy atom. The van der Waals surface area contributed by atoms with Gasteiger partial charge in [-0.2, -0.15) is 0 Å². The van der Waals surface area contributed by atoms with E-state index in [1.54, 1.807) is 0 Å². The van der Waals surface area contributed by atoms with E-state index in [-0.39, 0.29) is 11.7 Å². The highest BCUT2D eigenvalue weighted by Gasteiger charge is 2.25. The van der Waals surface area contributed by atoms with E-state index < -0.39 is 0 Å². The standard InChI is InChI=1S/C16H20O2/c17-12-15(13-7-3-1-4-8-13)11-16(18)14-9-5-2-6-10-14/h2,5-6,9-10,12-13,15H,1,3-4,7-8,11H2/t15-/m1/s1. The Morgan fingerprint density at radius 3 is 2.44 bits per heavy atom. The zero-order chi connectivity index (χ0) is 12.8. The average Bonchev–Trinajstić information content (AvgIpc) is 2.46. The summed E-state index contributed by atoms with van der Waals surface area (Å²) in [7, 11) is 0. The maximum atomic E-state index is 12.1. The van der Waals surface area contributed by atoms with Crippen LogP contribution in [0.25, 0.3) is 0 Å². The number of carbonyl (C=O) groups is 2. The predicted octanol–water partition coefficient (Wildman–Crippen LogP) is 3.65. The van der Waals surface area contributed by atoms with Gasteiger partial charge in [0.1, 0.15) is 6.29 Å². The van der Waals surface area contributed by atoms with E-state index in [1.807, 2.05) is 30.3 Å². The predicted molar refractivity (Wildman–Crippen MR) is 71.5 cm³/mol. The van der Waals surface area contributed by atoms with E-state index in [0.717, 1.165) is 24.7 Å². The van der Waals surface area contributed by atoms with Gasteiger partial charge >= 0.3 is 0 Å². The number of rotatable bonds is 5. The lowest BCUT2D eigenvalue weighted by molar-refractivity contribution is -0.112. The minimum atomic E-state index is -0.0852. The van der Waals surface area contributed by atoms with Crippen LogP contribution in [-0.4, -0.2) is 12.1 Å². The molecule has 0 amide bonds. The Hall–Kier alpha value is -1.44. The summed E-state index contributed by atoms with van der Waals surface area (Å²) in [6, 6.07) is 9.28. The number of hydrogen-bond donors (Lipinski definition) is 0. The monoisotopic (exact) mass is 244 g/mol. The van der Waals surface area contributed by atoms with Crippen molar-refractivity contribution in [2.75, 3.05) is 0 Å². The molecule has 0 heterocycles. The van der Waals surface area contributed by atoms with Crippen molar-refractivity contribution in [3.05, 3.63) is 35.9 Å². The summed E-state index contributed by atoms with van der Waals surface area (Å²) < 4.78 is 0. The van der Waals surface area contributed by atoms with E-state index in [2.05, 4.69) is 0 Å². The van der Waals surface area contributed by atoms with Crippen LogP contribution in [0.3, 0.4) is 0 Å². The lowest BCUT2D eigenvalue weighted by Crippen LogP contribution is -2.22. The summed E-state index contributed by atoms with van der Waals surface area (Å²) in [4.78, 5) is 23.3. The molecule has 0 saturated heterocycles. The number of benzene rings is 1. The van der Waals surface area contributed by atoms with Gasteiger partial charge in [0.2, 0.25) is 0 Å². The molecule has 1 aliphatic rings. The number of aldehydes is 1. The van der Waals surface area contributed by atoms with Gasteiger partial charge in [-0.15, -0.1) is 0 Å². The van der Waals surface area contributed by atoms with Crippen LogP contribution in [0.1, 0.15) is 48.9 Å². The van der Waals surface area contributed by atoms with E-state index >= 15 is 0 Å². The number of hydrogen-bond acceptors (Lipinski definition) is 2. The molecule has 2 heteroatoms. The summed E-state index contributed by atoms with van der Waals surface area (Å²) in [6.07, 6.45) is 7.25. The fourth-order valence-corrected chi connectivity index (χ4v) is 2.84. The summed E-state index contributed by atoms with van der Waals surface area (Å²) in [5.74, 6) is 0.431. The molecular weight excluding hydrogens is 224 g/mol. The van der Waals surface area contributed by atoms with E-state index in [4.69, 9.17) is 0 Å². The molecule has 0 aliphatic heterocycles. The second-order valence-electron chi connectivity index (χ2n) is 5.19. The second-order valence-corrected chi connectivity index (χ2v) is 5.19. The third kappa shape index (κ3) is 3.28. The third-order valence-electron chi connectivity index (χ3n) is 3.95. The summed E-state index contributed by atoms with van der Waals surface area (Å²) in [5, 5.41) is 0. The molecule has 2 nitrogen and oxygen atoms in total. The maximum Gasteiger partial charge on any atom is 0.163 e. The van der Waals surface area contributed by atoms with Gasteiger partial charge in [-0.3, -0.25) is 4.79 Å². The SMILES string of the molecule is O=C[C@@H](CC(=O)c1ccccc1)C1CCCCC1. The summed E-state index contributed by atoms with van der Waals surface area (Å²) in [6.45, 7) is 0. The smallest absolute Gasteiger partial charge is 0.163 e. The Kier molecular flexibility index (Phi) is 4.68. The fourth-order valence-electron chi connectivity index (χ4n) is 2.84. The van der Waals surface area contributed by atoms with Crippen molar-refractivity contribution in [1.82, 2.24) is 0 Å². The zero-order valence-electron chi connectivity index (χ0n) is 10.7. The molecule has 1 aliphatic carbocycles. The largest absolute Gasteiger partial charge is 0.303 e. The number of Topliss-reactive ketones (excluding diaryl/α,β-unsaturated/α-hetero) is 1. The molecule has 0 N–H and O–H groups in total. The molecule has 1 aromatic carbocycles. The highest BCUT2D eigenvalue weighted by Crippen LogP contribution is 2.31. The Labute approximate surface area is 108 Å². The topological polar surface area (TPSA) is 34.1 Å². The Balaban J connectivity index is 1.97. The van der Waals surface area contributed by atoms with Crippen molar-refractivity contribution in [3.63, 3.8) is 0 Å². The highest BCUT2D eigenvalue weighted by molar-refractivity contribution is 5.97.